The smallest absolute Gasteiger partial charge is 0.331 e. The normalized spacial score (nSPS) is 50.9. The predicted octanol–water partition coefficient (Wildman–Crippen LogP) is 10.7. The van der Waals surface area contributed by atoms with E-state index in [1.54, 1.807) is 6.08 Å². The van der Waals surface area contributed by atoms with Gasteiger partial charge in [-0.05, 0) is 258 Å². The Kier molecular flexibility index (Phi) is 12.5. The standard InChI is InChI=1S/C78H93NO9/c1-79-65-37-59-49(15-8-17-53(59)41-80)14-5-6-24-73-27-23-67-72(43-81)42-74-62-36-54-32-50(48-12-3-2-4-13-48)21-25-71(54,74)26-22-58(62)66-31-46-11-7-10-45(28-46)29-47-19-20-52(30-47)57-18-9-16-51-33-64(70(74)87-66)78(72,86)56(35-60(51)57)39-76(67,84)77(73,85)40-55-34-61(65)69-63(38-68(83)88-69)75(55,73)44-82/h2-4,7-13,15-17,28,38,43,47,50-52,54-58,60-62,64-67,69-70,79-80,82,84-86H,6,18-27,29-37,39-42,44H2,1H3/t47-,50+,51+,52+,54-,55-,56-,57+,58+,60-,61-,62-,64-,65-,66-,67+,69+,70+,71-,72-,73+,74-,75+,76-,77+,78-/m0/s1. The van der Waals surface area contributed by atoms with Gasteiger partial charge in [0, 0.05) is 58.1 Å². The molecule has 13 aliphatic carbocycles. The molecule has 0 aromatic heterocycles. The van der Waals surface area contributed by atoms with Crippen LogP contribution in [0.3, 0.4) is 0 Å². The number of aldehydes is 1. The highest BCUT2D eigenvalue weighted by molar-refractivity contribution is 5.87. The van der Waals surface area contributed by atoms with E-state index in [9.17, 15) is 15.0 Å². The third kappa shape index (κ3) is 6.87. The van der Waals surface area contributed by atoms with Crippen LogP contribution in [0.1, 0.15) is 168 Å². The van der Waals surface area contributed by atoms with Crippen LogP contribution in [-0.4, -0.2) is 92.6 Å². The average molecular weight is 1190 g/mol. The summed E-state index contributed by atoms with van der Waals surface area (Å²) in [6.45, 7) is -0.472. The molecule has 3 heterocycles. The van der Waals surface area contributed by atoms with Crippen molar-refractivity contribution in [2.45, 2.75) is 201 Å². The summed E-state index contributed by atoms with van der Waals surface area (Å²) < 4.78 is 14.9. The number of likely N-dealkylation sites (N-methyl/N-ethyl adjacent to an activating group) is 1. The molecule has 10 heteroatoms. The van der Waals surface area contributed by atoms with E-state index in [2.05, 4.69) is 83.9 Å². The van der Waals surface area contributed by atoms with E-state index >= 15 is 20.1 Å². The molecule has 19 rings (SSSR count). The topological polar surface area (TPSA) is 166 Å². The fourth-order valence-corrected chi connectivity index (χ4v) is 28.2. The van der Waals surface area contributed by atoms with Crippen molar-refractivity contribution in [2.75, 3.05) is 13.7 Å². The monoisotopic (exact) mass is 1190 g/mol. The third-order valence-electron chi connectivity index (χ3n) is 31.0. The van der Waals surface area contributed by atoms with Crippen molar-refractivity contribution in [1.29, 1.82) is 0 Å². The first kappa shape index (κ1) is 56.3. The van der Waals surface area contributed by atoms with Crippen molar-refractivity contribution in [3.8, 4) is 11.8 Å². The minimum Gasteiger partial charge on any atom is -0.454 e. The molecule has 10 nitrogen and oxygen atoms in total. The number of rotatable bonds is 5. The summed E-state index contributed by atoms with van der Waals surface area (Å²) in [5, 5.41) is 73.8. The lowest BCUT2D eigenvalue weighted by Gasteiger charge is -2.78. The molecule has 3 aromatic rings. The highest BCUT2D eigenvalue weighted by Gasteiger charge is 2.90. The summed E-state index contributed by atoms with van der Waals surface area (Å²) in [7, 11) is 1.95. The molecule has 0 amide bonds. The van der Waals surface area contributed by atoms with Crippen LogP contribution in [0, 0.1) is 116 Å². The zero-order valence-electron chi connectivity index (χ0n) is 51.7. The van der Waals surface area contributed by atoms with Gasteiger partial charge in [0.1, 0.15) is 18.0 Å². The molecule has 16 aliphatic rings. The molecule has 26 atom stereocenters. The molecule has 3 spiro atoms. The molecule has 3 aliphatic heterocycles. The minimum atomic E-state index is -1.88. The summed E-state index contributed by atoms with van der Waals surface area (Å²) in [5.74, 6) is 7.66. The summed E-state index contributed by atoms with van der Waals surface area (Å²) in [6, 6.07) is 26.5. The van der Waals surface area contributed by atoms with Crippen LogP contribution in [0.25, 0.3) is 0 Å². The second-order valence-electron chi connectivity index (χ2n) is 32.7. The van der Waals surface area contributed by atoms with E-state index in [-0.39, 0.29) is 91.1 Å². The Hall–Kier alpha value is -4.44. The van der Waals surface area contributed by atoms with E-state index in [0.29, 0.717) is 81.0 Å². The molecule has 0 radical (unpaired) electrons. The Morgan fingerprint density at radius 3 is 2.42 bits per heavy atom. The molecular weight excluding hydrogens is 1090 g/mol. The average Bonchev–Trinajstić information content (AvgIpc) is 1.24. The number of carbonyl (C=O) groups excluding carboxylic acids is 2. The maximum Gasteiger partial charge on any atom is 0.331 e. The van der Waals surface area contributed by atoms with E-state index in [0.717, 1.165) is 86.5 Å². The summed E-state index contributed by atoms with van der Waals surface area (Å²) in [4.78, 5) is 30.5. The van der Waals surface area contributed by atoms with Gasteiger partial charge in [-0.25, -0.2) is 4.79 Å². The van der Waals surface area contributed by atoms with Crippen LogP contribution in [-0.2, 0) is 44.9 Å². The second kappa shape index (κ2) is 19.6. The fourth-order valence-electron chi connectivity index (χ4n) is 28.2. The maximum absolute atomic E-state index is 16.3. The zero-order chi connectivity index (χ0) is 59.5. The number of fused-ring (bicyclic) bond motifs is 13. The molecule has 6 N–H and O–H groups in total. The van der Waals surface area contributed by atoms with Gasteiger partial charge in [0.05, 0.1) is 42.0 Å². The van der Waals surface area contributed by atoms with Crippen LogP contribution < -0.4 is 5.32 Å². The van der Waals surface area contributed by atoms with Gasteiger partial charge in [-0.2, -0.15) is 0 Å². The van der Waals surface area contributed by atoms with E-state index in [1.807, 2.05) is 25.2 Å². The van der Waals surface area contributed by atoms with E-state index in [1.165, 1.54) is 42.2 Å². The number of ether oxygens (including phenoxy) is 2. The number of carbonyl (C=O) groups is 2. The summed E-state index contributed by atoms with van der Waals surface area (Å²) >= 11 is 0. The van der Waals surface area contributed by atoms with Crippen LogP contribution in [0.5, 0.6) is 0 Å². The van der Waals surface area contributed by atoms with Crippen molar-refractivity contribution in [1.82, 2.24) is 5.32 Å². The largest absolute Gasteiger partial charge is 0.454 e. The number of allylic oxidation sites excluding steroid dienone is 2. The number of nitrogens with one attached hydrogen (secondary N) is 1. The van der Waals surface area contributed by atoms with Gasteiger partial charge in [0.25, 0.3) is 0 Å². The third-order valence-corrected chi connectivity index (χ3v) is 31.0. The van der Waals surface area contributed by atoms with Crippen molar-refractivity contribution in [2.24, 2.45) is 104 Å². The van der Waals surface area contributed by atoms with Crippen molar-refractivity contribution < 1.29 is 44.6 Å². The SMILES string of the molecule is CN[C@H]1Cc2c(cccc2CO)C#CCC[C@]23CC[C@H]4[C@@](O)(C[C@@H]5C[C@@H]6[C@@H]7CC=C[C@@H]6C[C@H]6[C@H]8O[C@@H](Cc9cccc(c9)C[C@@H]9CC[C@@H]7C9)[C@@H]7CC[C@@]9%10CC[C@@H](c%11ccccc%11)C[C@H]9C[C@@H]7[C@@]8%10C[C@@]4(C=O)[C@]56O)[C@@]2(O)C[C@@H]2C[C@@H]1[C@H]1OC(=O)C=C1[C@@]23CO. The van der Waals surface area contributed by atoms with Crippen LogP contribution in [0.4, 0.5) is 0 Å². The van der Waals surface area contributed by atoms with E-state index < -0.39 is 62.4 Å². The minimum absolute atomic E-state index is 0.0263. The van der Waals surface area contributed by atoms with Crippen LogP contribution in [0.15, 0.2) is 96.6 Å². The van der Waals surface area contributed by atoms with Gasteiger partial charge in [-0.1, -0.05) is 90.7 Å². The first-order valence-corrected chi connectivity index (χ1v) is 35.3. The zero-order valence-corrected chi connectivity index (χ0v) is 51.7. The van der Waals surface area contributed by atoms with E-state index in [4.69, 9.17) is 9.47 Å². The predicted molar refractivity (Wildman–Crippen MR) is 332 cm³/mol. The molecule has 10 saturated carbocycles. The lowest BCUT2D eigenvalue weighted by molar-refractivity contribution is -0.387. The van der Waals surface area contributed by atoms with Gasteiger partial charge in [-0.15, -0.1) is 0 Å². The Balaban J connectivity index is 0.851. The van der Waals surface area contributed by atoms with Gasteiger partial charge in [-0.3, -0.25) is 0 Å². The fraction of sp³-hybridized carbons (Fsp3) is 0.667. The second-order valence-corrected chi connectivity index (χ2v) is 32.7. The van der Waals surface area contributed by atoms with Crippen molar-refractivity contribution >= 4 is 12.3 Å². The Morgan fingerprint density at radius 2 is 1.59 bits per heavy atom. The molecular formula is C78H93NO9. The number of esters is 1. The highest BCUT2D eigenvalue weighted by atomic mass is 16.5. The number of benzene rings is 3. The van der Waals surface area contributed by atoms with Crippen molar-refractivity contribution in [3.05, 3.63) is 130 Å². The molecule has 1 saturated heterocycles. The molecule has 18 bridgehead atoms. The molecule has 11 fully saturated rings. The molecule has 3 aromatic carbocycles. The van der Waals surface area contributed by atoms with Gasteiger partial charge >= 0.3 is 5.97 Å². The van der Waals surface area contributed by atoms with Gasteiger partial charge in [0.15, 0.2) is 0 Å². The number of hydrogen-bond acceptors (Lipinski definition) is 10. The Bertz CT molecular complexity index is 3500. The first-order valence-electron chi connectivity index (χ1n) is 35.3. The summed E-state index contributed by atoms with van der Waals surface area (Å²) in [6.07, 6.45) is 24.6. The number of aliphatic hydroxyl groups excluding tert-OH is 2. The first-order chi connectivity index (χ1) is 42.8. The molecule has 88 heavy (non-hydrogen) atoms. The van der Waals surface area contributed by atoms with Crippen LogP contribution in [0.2, 0.25) is 0 Å². The Labute approximate surface area is 520 Å². The maximum atomic E-state index is 16.3. The van der Waals surface area contributed by atoms with Gasteiger partial charge in [0.2, 0.25) is 0 Å². The summed E-state index contributed by atoms with van der Waals surface area (Å²) in [5.41, 5.74) is -2.10. The molecule has 464 valence electrons. The lowest BCUT2D eigenvalue weighted by Crippen LogP contribution is -2.84. The van der Waals surface area contributed by atoms with Gasteiger partial charge < -0.3 is 45.1 Å². The quantitative estimate of drug-likeness (QED) is 0.0627. The van der Waals surface area contributed by atoms with Crippen molar-refractivity contribution in [3.63, 3.8) is 0 Å². The van der Waals surface area contributed by atoms with Crippen LogP contribution >= 0.6 is 0 Å². The Morgan fingerprint density at radius 1 is 0.761 bits per heavy atom. The lowest BCUT2D eigenvalue weighted by atomic mass is 9.29. The number of aliphatic hydroxyl groups is 5. The number of hydrogen-bond donors (Lipinski definition) is 6. The molecule has 0 unspecified atom stereocenters. The highest BCUT2D eigenvalue weighted by Crippen LogP contribution is 2.87.